The predicted octanol–water partition coefficient (Wildman–Crippen LogP) is 4.40. The lowest BCUT2D eigenvalue weighted by Gasteiger charge is -2.35. The third-order valence-electron chi connectivity index (χ3n) is 5.58. The van der Waals surface area contributed by atoms with Gasteiger partial charge in [-0.2, -0.15) is 0 Å². The Bertz CT molecular complexity index is 974. The number of hydrogen-bond acceptors (Lipinski definition) is 5. The molecule has 0 amide bonds. The maximum atomic E-state index is 13.2. The quantitative estimate of drug-likeness (QED) is 0.571. The molecule has 1 heterocycles. The normalized spacial score (nSPS) is 23.6. The molecule has 0 radical (unpaired) electrons. The van der Waals surface area contributed by atoms with Crippen LogP contribution in [-0.2, 0) is 9.84 Å². The Labute approximate surface area is 166 Å². The third-order valence-corrected chi connectivity index (χ3v) is 7.56. The van der Waals surface area contributed by atoms with E-state index in [1.807, 2.05) is 19.1 Å². The minimum atomic E-state index is -3.49. The van der Waals surface area contributed by atoms with E-state index >= 15 is 0 Å². The second-order valence-corrected chi connectivity index (χ2v) is 9.42. The Morgan fingerprint density at radius 2 is 1.93 bits per heavy atom. The molecule has 0 saturated heterocycles. The smallest absolute Gasteiger partial charge is 0.269 e. The zero-order valence-electron chi connectivity index (χ0n) is 16.2. The maximum Gasteiger partial charge on any atom is 0.269 e. The van der Waals surface area contributed by atoms with Gasteiger partial charge in [-0.1, -0.05) is 57.0 Å². The number of nitrogens with one attached hydrogen (secondary N) is 1. The summed E-state index contributed by atoms with van der Waals surface area (Å²) in [6.45, 7) is 4.08. The van der Waals surface area contributed by atoms with Crippen LogP contribution in [0, 0.1) is 10.1 Å². The van der Waals surface area contributed by atoms with Crippen LogP contribution in [0.1, 0.15) is 56.7 Å². The van der Waals surface area contributed by atoms with Gasteiger partial charge in [-0.3, -0.25) is 15.4 Å². The fourth-order valence-electron chi connectivity index (χ4n) is 3.99. The molecule has 1 N–H and O–H groups in total. The molecule has 0 saturated carbocycles. The van der Waals surface area contributed by atoms with Gasteiger partial charge in [-0.05, 0) is 30.0 Å². The average molecular weight is 403 g/mol. The van der Waals surface area contributed by atoms with Crippen LogP contribution in [-0.4, -0.2) is 24.6 Å². The molecule has 2 aromatic carbocycles. The first-order chi connectivity index (χ1) is 13.3. The molecule has 2 atom stereocenters. The summed E-state index contributed by atoms with van der Waals surface area (Å²) in [6.07, 6.45) is 3.27. The topological polar surface area (TPSA) is 89.3 Å². The van der Waals surface area contributed by atoms with Gasteiger partial charge < -0.3 is 0 Å². The van der Waals surface area contributed by atoms with E-state index < -0.39 is 26.3 Å². The molecule has 150 valence electrons. The molecule has 6 nitrogen and oxygen atoms in total. The number of nitro groups is 1. The van der Waals surface area contributed by atoms with Crippen molar-refractivity contribution in [3.05, 3.63) is 69.8 Å². The highest BCUT2D eigenvalue weighted by Gasteiger charge is 2.41. The number of unbranched alkanes of at least 4 members (excludes halogenated alkanes) is 1. The number of fused-ring (bicyclic) bond motifs is 1. The van der Waals surface area contributed by atoms with Gasteiger partial charge in [0.2, 0.25) is 0 Å². The Morgan fingerprint density at radius 3 is 2.61 bits per heavy atom. The first-order valence-electron chi connectivity index (χ1n) is 9.65. The van der Waals surface area contributed by atoms with Crippen molar-refractivity contribution in [3.63, 3.8) is 0 Å². The minimum absolute atomic E-state index is 0.000424. The molecular formula is C21H26N2O4S. The number of hydrogen-bond donors (Lipinski definition) is 1. The molecule has 1 aliphatic heterocycles. The Morgan fingerprint density at radius 1 is 1.18 bits per heavy atom. The second-order valence-electron chi connectivity index (χ2n) is 7.46. The van der Waals surface area contributed by atoms with Gasteiger partial charge in [0.1, 0.15) is 0 Å². The van der Waals surface area contributed by atoms with Crippen LogP contribution in [0.25, 0.3) is 0 Å². The van der Waals surface area contributed by atoms with Crippen LogP contribution in [0.15, 0.2) is 53.4 Å². The summed E-state index contributed by atoms with van der Waals surface area (Å²) >= 11 is 0. The lowest BCUT2D eigenvalue weighted by Crippen LogP contribution is -2.50. The molecule has 7 heteroatoms. The summed E-state index contributed by atoms with van der Waals surface area (Å²) in [5, 5.41) is 14.9. The van der Waals surface area contributed by atoms with E-state index in [9.17, 15) is 18.5 Å². The van der Waals surface area contributed by atoms with E-state index in [2.05, 4.69) is 12.2 Å². The van der Waals surface area contributed by atoms with Crippen LogP contribution in [0.4, 0.5) is 5.69 Å². The molecular weight excluding hydrogens is 376 g/mol. The number of non-ortho nitro benzene ring substituents is 1. The minimum Gasteiger partial charge on any atom is -0.300 e. The summed E-state index contributed by atoms with van der Waals surface area (Å²) < 4.78 is 26.5. The molecule has 0 fully saturated rings. The zero-order valence-corrected chi connectivity index (χ0v) is 17.0. The van der Waals surface area contributed by atoms with Gasteiger partial charge in [0.05, 0.1) is 21.6 Å². The SMILES string of the molecule is CCCC[C@]1(CC)CS(=O)(=O)c2ccccc2[C@H](c2cccc([N+](=O)[O-])c2)N1. The Hall–Kier alpha value is -2.25. The molecule has 0 aromatic heterocycles. The van der Waals surface area contributed by atoms with E-state index in [0.29, 0.717) is 22.4 Å². The zero-order chi connectivity index (χ0) is 20.4. The Balaban J connectivity index is 2.20. The summed E-state index contributed by atoms with van der Waals surface area (Å²) in [5.41, 5.74) is 0.769. The lowest BCUT2D eigenvalue weighted by molar-refractivity contribution is -0.384. The highest BCUT2D eigenvalue weighted by Crippen LogP contribution is 2.38. The standard InChI is InChI=1S/C21H26N2O4S/c1-3-5-13-21(4-2)15-28(26,27)19-12-7-6-11-18(19)20(22-21)16-9-8-10-17(14-16)23(24)25/h6-12,14,20,22H,3-5,13,15H2,1-2H3/t20-,21+/m0/s1. The van der Waals surface area contributed by atoms with E-state index in [1.165, 1.54) is 12.1 Å². The highest BCUT2D eigenvalue weighted by atomic mass is 32.2. The van der Waals surface area contributed by atoms with E-state index in [0.717, 1.165) is 19.3 Å². The summed E-state index contributed by atoms with van der Waals surface area (Å²) in [5.74, 6) is 0.0267. The fraction of sp³-hybridized carbons (Fsp3) is 0.429. The molecule has 1 aliphatic rings. The van der Waals surface area contributed by atoms with Gasteiger partial charge in [0.15, 0.2) is 9.84 Å². The van der Waals surface area contributed by atoms with Crippen LogP contribution in [0.5, 0.6) is 0 Å². The number of sulfone groups is 1. The van der Waals surface area contributed by atoms with Crippen molar-refractivity contribution in [1.29, 1.82) is 0 Å². The van der Waals surface area contributed by atoms with Gasteiger partial charge >= 0.3 is 0 Å². The first-order valence-corrected chi connectivity index (χ1v) is 11.3. The summed E-state index contributed by atoms with van der Waals surface area (Å²) in [7, 11) is -3.49. The number of nitro benzene ring substituents is 1. The van der Waals surface area contributed by atoms with Crippen molar-refractivity contribution < 1.29 is 13.3 Å². The molecule has 0 aliphatic carbocycles. The van der Waals surface area contributed by atoms with Crippen molar-refractivity contribution in [2.24, 2.45) is 0 Å². The van der Waals surface area contributed by atoms with Crippen molar-refractivity contribution in [3.8, 4) is 0 Å². The molecule has 0 bridgehead atoms. The second kappa shape index (κ2) is 8.01. The third kappa shape index (κ3) is 3.95. The first kappa shape index (κ1) is 20.5. The lowest BCUT2D eigenvalue weighted by atomic mass is 9.88. The van der Waals surface area contributed by atoms with Gasteiger partial charge in [0, 0.05) is 17.7 Å². The predicted molar refractivity (Wildman–Crippen MR) is 109 cm³/mol. The molecule has 2 aromatic rings. The maximum absolute atomic E-state index is 13.2. The van der Waals surface area contributed by atoms with Gasteiger partial charge in [-0.15, -0.1) is 0 Å². The van der Waals surface area contributed by atoms with Crippen LogP contribution in [0.2, 0.25) is 0 Å². The molecule has 0 unspecified atom stereocenters. The van der Waals surface area contributed by atoms with Crippen molar-refractivity contribution in [2.45, 2.75) is 56.0 Å². The van der Waals surface area contributed by atoms with Crippen LogP contribution >= 0.6 is 0 Å². The highest BCUT2D eigenvalue weighted by molar-refractivity contribution is 7.91. The van der Waals surface area contributed by atoms with E-state index in [1.54, 1.807) is 24.3 Å². The largest absolute Gasteiger partial charge is 0.300 e. The van der Waals surface area contributed by atoms with Crippen molar-refractivity contribution in [1.82, 2.24) is 5.32 Å². The van der Waals surface area contributed by atoms with E-state index in [-0.39, 0.29) is 11.4 Å². The number of benzene rings is 2. The molecule has 0 spiro atoms. The van der Waals surface area contributed by atoms with Crippen molar-refractivity contribution in [2.75, 3.05) is 5.75 Å². The van der Waals surface area contributed by atoms with Gasteiger partial charge in [-0.25, -0.2) is 8.42 Å². The molecule has 28 heavy (non-hydrogen) atoms. The van der Waals surface area contributed by atoms with Gasteiger partial charge in [0.25, 0.3) is 5.69 Å². The van der Waals surface area contributed by atoms with E-state index in [4.69, 9.17) is 0 Å². The Kier molecular flexibility index (Phi) is 5.86. The van der Waals surface area contributed by atoms with Crippen LogP contribution in [0.3, 0.4) is 0 Å². The monoisotopic (exact) mass is 402 g/mol. The van der Waals surface area contributed by atoms with Crippen LogP contribution < -0.4 is 5.32 Å². The molecule has 3 rings (SSSR count). The summed E-state index contributed by atoms with van der Waals surface area (Å²) in [6, 6.07) is 13.0. The van der Waals surface area contributed by atoms with Crippen molar-refractivity contribution >= 4 is 15.5 Å². The fourth-order valence-corrected chi connectivity index (χ4v) is 6.14. The average Bonchev–Trinajstić information content (AvgIpc) is 2.79. The number of rotatable bonds is 6. The summed E-state index contributed by atoms with van der Waals surface area (Å²) in [4.78, 5) is 11.2. The number of nitrogens with zero attached hydrogens (tertiary/aromatic N) is 1.